The molecule has 132 valence electrons. The number of halogens is 1. The van der Waals surface area contributed by atoms with Gasteiger partial charge in [0.2, 0.25) is 5.95 Å². The zero-order valence-corrected chi connectivity index (χ0v) is 15.4. The first kappa shape index (κ1) is 17.1. The van der Waals surface area contributed by atoms with Crippen LogP contribution in [0.1, 0.15) is 12.5 Å². The van der Waals surface area contributed by atoms with Crippen LogP contribution in [-0.2, 0) is 0 Å². The number of hydrazone groups is 1. The number of anilines is 1. The lowest BCUT2D eigenvalue weighted by Crippen LogP contribution is -2.03. The third-order valence-electron chi connectivity index (χ3n) is 4.13. The second-order valence-electron chi connectivity index (χ2n) is 5.97. The van der Waals surface area contributed by atoms with Crippen molar-refractivity contribution < 1.29 is 0 Å². The number of aromatic nitrogens is 3. The van der Waals surface area contributed by atoms with Crippen LogP contribution >= 0.6 is 11.6 Å². The average Bonchev–Trinajstić information content (AvgIpc) is 2.73. The van der Waals surface area contributed by atoms with E-state index in [-0.39, 0.29) is 0 Å². The van der Waals surface area contributed by atoms with Crippen LogP contribution in [0.25, 0.3) is 22.2 Å². The van der Waals surface area contributed by atoms with E-state index in [9.17, 15) is 0 Å². The fourth-order valence-electron chi connectivity index (χ4n) is 2.76. The first-order chi connectivity index (χ1) is 13.2. The van der Waals surface area contributed by atoms with Gasteiger partial charge in [0.15, 0.2) is 0 Å². The Morgan fingerprint density at radius 2 is 1.74 bits per heavy atom. The molecule has 0 amide bonds. The number of nitrogens with zero attached hydrogens (tertiary/aromatic N) is 4. The zero-order chi connectivity index (χ0) is 18.6. The summed E-state index contributed by atoms with van der Waals surface area (Å²) in [5, 5.41) is 5.96. The first-order valence-corrected chi connectivity index (χ1v) is 8.82. The van der Waals surface area contributed by atoms with E-state index >= 15 is 0 Å². The Labute approximate surface area is 161 Å². The largest absolute Gasteiger partial charge is 0.265 e. The molecule has 0 atom stereocenters. The topological polar surface area (TPSA) is 63.1 Å². The summed E-state index contributed by atoms with van der Waals surface area (Å²) in [7, 11) is 0. The summed E-state index contributed by atoms with van der Waals surface area (Å²) in [6.45, 7) is 1.92. The molecule has 27 heavy (non-hydrogen) atoms. The number of pyridine rings is 1. The number of hydrogen-bond acceptors (Lipinski definition) is 5. The molecule has 4 aromatic rings. The van der Waals surface area contributed by atoms with Crippen molar-refractivity contribution in [3.63, 3.8) is 0 Å². The summed E-state index contributed by atoms with van der Waals surface area (Å²) in [5.74, 6) is 0.428. The number of nitrogens with one attached hydrogen (secondary N) is 1. The van der Waals surface area contributed by atoms with Crippen molar-refractivity contribution in [2.75, 3.05) is 5.43 Å². The van der Waals surface area contributed by atoms with Crippen LogP contribution in [0, 0.1) is 0 Å². The van der Waals surface area contributed by atoms with Gasteiger partial charge >= 0.3 is 0 Å². The summed E-state index contributed by atoms with van der Waals surface area (Å²) in [6.07, 6.45) is 3.47. The van der Waals surface area contributed by atoms with Crippen molar-refractivity contribution in [1.82, 2.24) is 15.0 Å². The Morgan fingerprint density at radius 3 is 2.52 bits per heavy atom. The predicted octanol–water partition coefficient (Wildman–Crippen LogP) is 5.18. The number of fused-ring (bicyclic) bond motifs is 1. The van der Waals surface area contributed by atoms with Gasteiger partial charge in [0.25, 0.3) is 0 Å². The maximum absolute atomic E-state index is 6.19. The average molecular weight is 374 g/mol. The Morgan fingerprint density at radius 1 is 0.963 bits per heavy atom. The molecule has 0 spiro atoms. The van der Waals surface area contributed by atoms with Crippen LogP contribution < -0.4 is 5.43 Å². The molecule has 0 saturated carbocycles. The van der Waals surface area contributed by atoms with Gasteiger partial charge in [-0.2, -0.15) is 5.10 Å². The SMILES string of the molecule is CC(=NNc1nc(-c2ccccc2)c2cc(Cl)ccc2n1)c1ccncc1. The molecule has 2 heterocycles. The van der Waals surface area contributed by atoms with Crippen LogP contribution in [0.5, 0.6) is 0 Å². The fraction of sp³-hybridized carbons (Fsp3) is 0.0476. The minimum Gasteiger partial charge on any atom is -0.265 e. The lowest BCUT2D eigenvalue weighted by Gasteiger charge is -2.09. The van der Waals surface area contributed by atoms with E-state index < -0.39 is 0 Å². The van der Waals surface area contributed by atoms with Gasteiger partial charge in [-0.15, -0.1) is 0 Å². The Bertz CT molecular complexity index is 1110. The number of rotatable bonds is 4. The zero-order valence-electron chi connectivity index (χ0n) is 14.6. The molecule has 0 fully saturated rings. The molecule has 0 radical (unpaired) electrons. The standard InChI is InChI=1S/C21H16ClN5/c1-14(15-9-11-23-12-10-15)26-27-21-24-19-8-7-17(22)13-18(19)20(25-21)16-5-3-2-4-6-16/h2-13H,1H3,(H,24,25,27). The molecule has 5 nitrogen and oxygen atoms in total. The Hall–Kier alpha value is -3.31. The molecule has 0 aliphatic carbocycles. The fourth-order valence-corrected chi connectivity index (χ4v) is 2.93. The molecule has 4 rings (SSSR count). The predicted molar refractivity (Wildman–Crippen MR) is 110 cm³/mol. The second-order valence-corrected chi connectivity index (χ2v) is 6.40. The molecule has 2 aromatic heterocycles. The van der Waals surface area contributed by atoms with Crippen LogP contribution in [0.15, 0.2) is 78.2 Å². The third-order valence-corrected chi connectivity index (χ3v) is 4.36. The molecular weight excluding hydrogens is 358 g/mol. The van der Waals surface area contributed by atoms with Crippen LogP contribution in [0.2, 0.25) is 5.02 Å². The molecule has 0 aliphatic heterocycles. The Kier molecular flexibility index (Phi) is 4.77. The van der Waals surface area contributed by atoms with Gasteiger partial charge in [0.1, 0.15) is 0 Å². The van der Waals surface area contributed by atoms with Crippen molar-refractivity contribution in [1.29, 1.82) is 0 Å². The van der Waals surface area contributed by atoms with E-state index in [1.165, 1.54) is 0 Å². The van der Waals surface area contributed by atoms with Gasteiger partial charge in [-0.25, -0.2) is 15.4 Å². The van der Waals surface area contributed by atoms with Crippen molar-refractivity contribution in [3.8, 4) is 11.3 Å². The molecular formula is C21H16ClN5. The van der Waals surface area contributed by atoms with Crippen LogP contribution in [0.4, 0.5) is 5.95 Å². The molecule has 0 unspecified atom stereocenters. The van der Waals surface area contributed by atoms with Crippen molar-refractivity contribution in [2.45, 2.75) is 6.92 Å². The molecule has 0 saturated heterocycles. The van der Waals surface area contributed by atoms with Gasteiger partial charge in [0, 0.05) is 33.9 Å². The molecule has 0 bridgehead atoms. The highest BCUT2D eigenvalue weighted by atomic mass is 35.5. The van der Waals surface area contributed by atoms with E-state index in [0.29, 0.717) is 11.0 Å². The van der Waals surface area contributed by atoms with E-state index in [4.69, 9.17) is 11.6 Å². The molecule has 1 N–H and O–H groups in total. The van der Waals surface area contributed by atoms with E-state index in [1.807, 2.05) is 67.6 Å². The van der Waals surface area contributed by atoms with Crippen molar-refractivity contribution in [3.05, 3.63) is 83.6 Å². The Balaban J connectivity index is 1.77. The molecule has 6 heteroatoms. The summed E-state index contributed by atoms with van der Waals surface area (Å²) in [6, 6.07) is 19.3. The highest BCUT2D eigenvalue weighted by Crippen LogP contribution is 2.29. The molecule has 0 aliphatic rings. The van der Waals surface area contributed by atoms with E-state index in [1.54, 1.807) is 12.4 Å². The van der Waals surface area contributed by atoms with Gasteiger partial charge < -0.3 is 0 Å². The monoisotopic (exact) mass is 373 g/mol. The highest BCUT2D eigenvalue weighted by Gasteiger charge is 2.10. The lowest BCUT2D eigenvalue weighted by atomic mass is 10.1. The number of hydrogen-bond donors (Lipinski definition) is 1. The first-order valence-electron chi connectivity index (χ1n) is 8.44. The molecule has 2 aromatic carbocycles. The van der Waals surface area contributed by atoms with Crippen molar-refractivity contribution in [2.24, 2.45) is 5.10 Å². The highest BCUT2D eigenvalue weighted by molar-refractivity contribution is 6.31. The third kappa shape index (κ3) is 3.78. The lowest BCUT2D eigenvalue weighted by molar-refractivity contribution is 1.15. The van der Waals surface area contributed by atoms with Crippen LogP contribution in [-0.4, -0.2) is 20.7 Å². The maximum atomic E-state index is 6.19. The second kappa shape index (κ2) is 7.51. The van der Waals surface area contributed by atoms with Crippen molar-refractivity contribution >= 4 is 34.2 Å². The number of benzene rings is 2. The van der Waals surface area contributed by atoms with Gasteiger partial charge in [-0.05, 0) is 37.3 Å². The summed E-state index contributed by atoms with van der Waals surface area (Å²) in [4.78, 5) is 13.3. The van der Waals surface area contributed by atoms with E-state index in [0.717, 1.165) is 33.4 Å². The van der Waals surface area contributed by atoms with E-state index in [2.05, 4.69) is 25.5 Å². The summed E-state index contributed by atoms with van der Waals surface area (Å²) < 4.78 is 0. The minimum absolute atomic E-state index is 0.428. The summed E-state index contributed by atoms with van der Waals surface area (Å²) in [5.41, 5.74) is 7.37. The van der Waals surface area contributed by atoms with Gasteiger partial charge in [-0.1, -0.05) is 41.9 Å². The smallest absolute Gasteiger partial charge is 0.244 e. The maximum Gasteiger partial charge on any atom is 0.244 e. The van der Waals surface area contributed by atoms with Gasteiger partial charge in [0.05, 0.1) is 16.9 Å². The normalized spacial score (nSPS) is 11.6. The van der Waals surface area contributed by atoms with Gasteiger partial charge in [-0.3, -0.25) is 4.98 Å². The quantitative estimate of drug-likeness (QED) is 0.395. The van der Waals surface area contributed by atoms with Crippen LogP contribution in [0.3, 0.4) is 0 Å². The minimum atomic E-state index is 0.428. The summed E-state index contributed by atoms with van der Waals surface area (Å²) >= 11 is 6.19.